The number of hydrogen-bond acceptors (Lipinski definition) is 1. The molecule has 0 aromatic heterocycles. The molecule has 4 heteroatoms. The van der Waals surface area contributed by atoms with Crippen molar-refractivity contribution < 1.29 is 13.0 Å². The van der Waals surface area contributed by atoms with Gasteiger partial charge in [-0.25, -0.2) is 8.78 Å². The van der Waals surface area contributed by atoms with Crippen molar-refractivity contribution in [1.29, 1.82) is 0 Å². The van der Waals surface area contributed by atoms with Crippen LogP contribution in [-0.2, 0) is 10.8 Å². The molecule has 9 heavy (non-hydrogen) atoms. The van der Waals surface area contributed by atoms with Gasteiger partial charge in [-0.1, -0.05) is 6.92 Å². The van der Waals surface area contributed by atoms with E-state index in [0.29, 0.717) is 5.75 Å². The largest absolute Gasteiger partial charge is 0.259 e. The zero-order valence-electron chi connectivity index (χ0n) is 5.27. The van der Waals surface area contributed by atoms with Gasteiger partial charge >= 0.3 is 0 Å². The van der Waals surface area contributed by atoms with E-state index in [2.05, 4.69) is 0 Å². The van der Waals surface area contributed by atoms with E-state index in [1.807, 2.05) is 0 Å². The molecular weight excluding hydrogens is 146 g/mol. The normalized spacial score (nSPS) is 17.2. The van der Waals surface area contributed by atoms with Crippen LogP contribution in [0.2, 0.25) is 0 Å². The predicted molar refractivity (Wildman–Crippen MR) is 34.4 cm³/mol. The molecule has 56 valence electrons. The summed E-state index contributed by atoms with van der Waals surface area (Å²) in [4.78, 5) is 0. The van der Waals surface area contributed by atoms with Crippen molar-refractivity contribution >= 4 is 10.8 Å². The first-order valence-electron chi connectivity index (χ1n) is 2.75. The van der Waals surface area contributed by atoms with Crippen LogP contribution in [0, 0.1) is 0 Å². The highest BCUT2D eigenvalue weighted by Crippen LogP contribution is 1.94. The highest BCUT2D eigenvalue weighted by atomic mass is 32.2. The molecule has 0 aliphatic carbocycles. The van der Waals surface area contributed by atoms with Gasteiger partial charge in [0.25, 0.3) is 0 Å². The molecule has 0 aromatic rings. The highest BCUT2D eigenvalue weighted by molar-refractivity contribution is 7.84. The molecule has 0 saturated carbocycles. The lowest BCUT2D eigenvalue weighted by Crippen LogP contribution is -2.14. The van der Waals surface area contributed by atoms with Gasteiger partial charge in [0.15, 0.2) is 0 Å². The Balaban J connectivity index is 3.34. The Morgan fingerprint density at radius 3 is 2.56 bits per heavy atom. The SMILES string of the molecule is CCS(=O)CC(F)CF. The fourth-order valence-electron chi connectivity index (χ4n) is 0.364. The Morgan fingerprint density at radius 2 is 2.22 bits per heavy atom. The van der Waals surface area contributed by atoms with E-state index in [-0.39, 0.29) is 5.75 Å². The molecule has 0 saturated heterocycles. The Labute approximate surface area is 55.9 Å². The van der Waals surface area contributed by atoms with Gasteiger partial charge in [0, 0.05) is 16.6 Å². The van der Waals surface area contributed by atoms with Gasteiger partial charge in [-0.15, -0.1) is 0 Å². The van der Waals surface area contributed by atoms with Crippen LogP contribution < -0.4 is 0 Å². The molecule has 0 fully saturated rings. The first-order chi connectivity index (χ1) is 4.20. The van der Waals surface area contributed by atoms with Crippen LogP contribution in [0.3, 0.4) is 0 Å². The van der Waals surface area contributed by atoms with Gasteiger partial charge in [0.2, 0.25) is 0 Å². The smallest absolute Gasteiger partial charge is 0.140 e. The quantitative estimate of drug-likeness (QED) is 0.595. The zero-order valence-corrected chi connectivity index (χ0v) is 6.09. The number of halogens is 2. The molecule has 2 atom stereocenters. The molecule has 1 nitrogen and oxygen atoms in total. The molecule has 0 heterocycles. The van der Waals surface area contributed by atoms with Crippen molar-refractivity contribution in [2.24, 2.45) is 0 Å². The van der Waals surface area contributed by atoms with Crippen LogP contribution in [0.15, 0.2) is 0 Å². The molecule has 0 N–H and O–H groups in total. The van der Waals surface area contributed by atoms with Gasteiger partial charge in [0.1, 0.15) is 12.8 Å². The maximum atomic E-state index is 12.0. The van der Waals surface area contributed by atoms with Gasteiger partial charge in [0.05, 0.1) is 5.75 Å². The van der Waals surface area contributed by atoms with Crippen molar-refractivity contribution in [3.8, 4) is 0 Å². The topological polar surface area (TPSA) is 17.1 Å². The van der Waals surface area contributed by atoms with E-state index in [0.717, 1.165) is 0 Å². The third kappa shape index (κ3) is 4.51. The molecule has 0 amide bonds. The van der Waals surface area contributed by atoms with Crippen LogP contribution in [0.4, 0.5) is 8.78 Å². The molecule has 0 rings (SSSR count). The van der Waals surface area contributed by atoms with Crippen LogP contribution in [0.1, 0.15) is 6.92 Å². The molecule has 0 aromatic carbocycles. The van der Waals surface area contributed by atoms with E-state index < -0.39 is 23.6 Å². The Hall–Kier alpha value is 0.01000. The molecule has 0 spiro atoms. The number of alkyl halides is 2. The van der Waals surface area contributed by atoms with Crippen LogP contribution in [0.25, 0.3) is 0 Å². The van der Waals surface area contributed by atoms with Crippen LogP contribution in [0.5, 0.6) is 0 Å². The molecular formula is C5H10F2OS. The lowest BCUT2D eigenvalue weighted by Gasteiger charge is -1.99. The summed E-state index contributed by atoms with van der Waals surface area (Å²) in [5.41, 5.74) is 0. The summed E-state index contributed by atoms with van der Waals surface area (Å²) in [7, 11) is -1.17. The first-order valence-corrected chi connectivity index (χ1v) is 4.24. The molecule has 0 aliphatic rings. The van der Waals surface area contributed by atoms with Crippen molar-refractivity contribution in [1.82, 2.24) is 0 Å². The van der Waals surface area contributed by atoms with E-state index in [9.17, 15) is 13.0 Å². The Morgan fingerprint density at radius 1 is 1.67 bits per heavy atom. The zero-order chi connectivity index (χ0) is 7.28. The minimum Gasteiger partial charge on any atom is -0.259 e. The number of hydrogen-bond donors (Lipinski definition) is 0. The monoisotopic (exact) mass is 156 g/mol. The molecule has 2 unspecified atom stereocenters. The molecule has 0 radical (unpaired) electrons. The van der Waals surface area contributed by atoms with Gasteiger partial charge in [-0.2, -0.15) is 0 Å². The minimum absolute atomic E-state index is 0.160. The van der Waals surface area contributed by atoms with Crippen molar-refractivity contribution in [3.05, 3.63) is 0 Å². The number of rotatable bonds is 4. The van der Waals surface area contributed by atoms with Gasteiger partial charge in [-0.3, -0.25) is 4.21 Å². The summed E-state index contributed by atoms with van der Waals surface area (Å²) in [6, 6.07) is 0. The van der Waals surface area contributed by atoms with Gasteiger partial charge in [-0.05, 0) is 0 Å². The molecule has 0 aliphatic heterocycles. The summed E-state index contributed by atoms with van der Waals surface area (Å²) in [5, 5.41) is 0. The third-order valence-electron chi connectivity index (χ3n) is 0.856. The molecule has 0 bridgehead atoms. The summed E-state index contributed by atoms with van der Waals surface area (Å²) in [5.74, 6) is 0.243. The Bertz CT molecular complexity index is 97.0. The summed E-state index contributed by atoms with van der Waals surface area (Å²) >= 11 is 0. The summed E-state index contributed by atoms with van der Waals surface area (Å²) in [6.07, 6.45) is -1.54. The second-order valence-electron chi connectivity index (χ2n) is 1.65. The second-order valence-corrected chi connectivity index (χ2v) is 3.44. The predicted octanol–water partition coefficient (Wildman–Crippen LogP) is 1.06. The van der Waals surface area contributed by atoms with E-state index in [1.165, 1.54) is 0 Å². The Kier molecular flexibility index (Phi) is 4.85. The average Bonchev–Trinajstić information content (AvgIpc) is 1.87. The van der Waals surface area contributed by atoms with Gasteiger partial charge < -0.3 is 0 Å². The average molecular weight is 156 g/mol. The fourth-order valence-corrected chi connectivity index (χ4v) is 1.09. The lowest BCUT2D eigenvalue weighted by molar-refractivity contribution is 0.285. The standard InChI is InChI=1S/C5H10F2OS/c1-2-9(8)4-5(7)3-6/h5H,2-4H2,1H3. The maximum Gasteiger partial charge on any atom is 0.140 e. The third-order valence-corrected chi connectivity index (χ3v) is 2.23. The first kappa shape index (κ1) is 9.01. The van der Waals surface area contributed by atoms with Crippen molar-refractivity contribution in [2.45, 2.75) is 13.1 Å². The van der Waals surface area contributed by atoms with Crippen molar-refractivity contribution in [3.63, 3.8) is 0 Å². The second kappa shape index (κ2) is 4.85. The van der Waals surface area contributed by atoms with E-state index >= 15 is 0 Å². The maximum absolute atomic E-state index is 12.0. The van der Waals surface area contributed by atoms with Crippen molar-refractivity contribution in [2.75, 3.05) is 18.2 Å². The van der Waals surface area contributed by atoms with E-state index in [4.69, 9.17) is 0 Å². The minimum atomic E-state index is -1.54. The van der Waals surface area contributed by atoms with E-state index in [1.54, 1.807) is 6.92 Å². The highest BCUT2D eigenvalue weighted by Gasteiger charge is 2.08. The van der Waals surface area contributed by atoms with Crippen LogP contribution in [-0.4, -0.2) is 28.6 Å². The summed E-state index contributed by atoms with van der Waals surface area (Å²) < 4.78 is 33.9. The lowest BCUT2D eigenvalue weighted by atomic mass is 10.5. The summed E-state index contributed by atoms with van der Waals surface area (Å²) in [6.45, 7) is 0.660. The fraction of sp³-hybridized carbons (Fsp3) is 1.00. The van der Waals surface area contributed by atoms with Crippen LogP contribution >= 0.6 is 0 Å².